The minimum absolute atomic E-state index is 0.792. The Labute approximate surface area is 110 Å². The molecule has 18 heavy (non-hydrogen) atoms. The van der Waals surface area contributed by atoms with E-state index >= 15 is 0 Å². The van der Waals surface area contributed by atoms with Crippen molar-refractivity contribution in [3.8, 4) is 0 Å². The van der Waals surface area contributed by atoms with E-state index in [2.05, 4.69) is 14.9 Å². The number of nitrogens with zero attached hydrogens (tertiary/aromatic N) is 2. The summed E-state index contributed by atoms with van der Waals surface area (Å²) in [4.78, 5) is 0. The van der Waals surface area contributed by atoms with Gasteiger partial charge in [0, 0.05) is 23.1 Å². The molecule has 0 atom stereocenters. The number of benzene rings is 2. The summed E-state index contributed by atoms with van der Waals surface area (Å²) in [6, 6.07) is 20.0. The van der Waals surface area contributed by atoms with Crippen molar-refractivity contribution in [1.29, 1.82) is 0 Å². The number of nitrogens with one attached hydrogen (secondary N) is 1. The van der Waals surface area contributed by atoms with Gasteiger partial charge in [0.1, 0.15) is 5.04 Å². The normalized spacial score (nSPS) is 14.4. The van der Waals surface area contributed by atoms with Gasteiger partial charge in [0.15, 0.2) is 5.84 Å². The number of rotatable bonds is 2. The Morgan fingerprint density at radius 1 is 0.722 bits per heavy atom. The van der Waals surface area contributed by atoms with Gasteiger partial charge in [-0.05, 0) is 0 Å². The van der Waals surface area contributed by atoms with Crippen LogP contribution in [0, 0.1) is 0 Å². The van der Waals surface area contributed by atoms with Crippen molar-refractivity contribution < 1.29 is 0 Å². The first-order valence-electron chi connectivity index (χ1n) is 5.63. The molecule has 0 aromatic heterocycles. The summed E-state index contributed by atoms with van der Waals surface area (Å²) in [6.45, 7) is 0. The summed E-state index contributed by atoms with van der Waals surface area (Å²) in [5, 5.41) is 9.38. The van der Waals surface area contributed by atoms with E-state index in [4.69, 9.17) is 0 Å². The van der Waals surface area contributed by atoms with Gasteiger partial charge in [-0.3, -0.25) is 0 Å². The zero-order valence-electron chi connectivity index (χ0n) is 9.58. The Morgan fingerprint density at radius 3 is 1.89 bits per heavy atom. The topological polar surface area (TPSA) is 36.8 Å². The zero-order valence-corrected chi connectivity index (χ0v) is 10.4. The summed E-state index contributed by atoms with van der Waals surface area (Å²) >= 11 is 1.49. The molecular formula is C14H11N3S. The highest BCUT2D eigenvalue weighted by Crippen LogP contribution is 2.16. The van der Waals surface area contributed by atoms with Crippen LogP contribution in [0.15, 0.2) is 70.9 Å². The van der Waals surface area contributed by atoms with Crippen molar-refractivity contribution in [2.45, 2.75) is 0 Å². The molecule has 2 aromatic rings. The Bertz CT molecular complexity index is 535. The van der Waals surface area contributed by atoms with Crippen LogP contribution >= 0.6 is 11.9 Å². The van der Waals surface area contributed by atoms with E-state index in [1.54, 1.807) is 0 Å². The highest BCUT2D eigenvalue weighted by atomic mass is 32.2. The molecule has 1 aliphatic rings. The van der Waals surface area contributed by atoms with Crippen LogP contribution in [0.1, 0.15) is 11.1 Å². The average molecular weight is 253 g/mol. The van der Waals surface area contributed by atoms with Crippen LogP contribution < -0.4 is 4.72 Å². The Hall–Kier alpha value is -2.07. The molecule has 4 heteroatoms. The van der Waals surface area contributed by atoms with E-state index < -0.39 is 0 Å². The lowest BCUT2D eigenvalue weighted by molar-refractivity contribution is 1.20. The van der Waals surface area contributed by atoms with Gasteiger partial charge in [0.05, 0.1) is 0 Å². The standard InChI is InChI=1S/C14H11N3S/c1-3-7-11(8-4-1)13-15-16-14(18-17-13)12-9-5-2-6-10-12/h1-10H,(H,15,17). The first-order chi connectivity index (χ1) is 8.93. The Kier molecular flexibility index (Phi) is 3.10. The maximum absolute atomic E-state index is 4.26. The third-order valence-corrected chi connectivity index (χ3v) is 3.36. The highest BCUT2D eigenvalue weighted by molar-refractivity contribution is 8.13. The van der Waals surface area contributed by atoms with Crippen molar-refractivity contribution in [1.82, 2.24) is 4.72 Å². The molecule has 1 N–H and O–H groups in total. The lowest BCUT2D eigenvalue weighted by Gasteiger charge is -2.13. The molecule has 0 unspecified atom stereocenters. The molecule has 0 bridgehead atoms. The second-order valence-corrected chi connectivity index (χ2v) is 4.58. The van der Waals surface area contributed by atoms with E-state index in [1.807, 2.05) is 60.7 Å². The Morgan fingerprint density at radius 2 is 1.33 bits per heavy atom. The number of hydrogen-bond donors (Lipinski definition) is 1. The van der Waals surface area contributed by atoms with Crippen molar-refractivity contribution in [2.75, 3.05) is 0 Å². The van der Waals surface area contributed by atoms with E-state index in [0.29, 0.717) is 0 Å². The molecule has 3 nitrogen and oxygen atoms in total. The monoisotopic (exact) mass is 253 g/mol. The second-order valence-electron chi connectivity index (χ2n) is 3.79. The van der Waals surface area contributed by atoms with Crippen LogP contribution in [0.2, 0.25) is 0 Å². The molecule has 2 aromatic carbocycles. The quantitative estimate of drug-likeness (QED) is 0.835. The predicted molar refractivity (Wildman–Crippen MR) is 76.7 cm³/mol. The fourth-order valence-corrected chi connectivity index (χ4v) is 2.33. The third-order valence-electron chi connectivity index (χ3n) is 2.55. The molecule has 3 rings (SSSR count). The third kappa shape index (κ3) is 2.28. The highest BCUT2D eigenvalue weighted by Gasteiger charge is 2.12. The van der Waals surface area contributed by atoms with Crippen LogP contribution in [0.4, 0.5) is 0 Å². The van der Waals surface area contributed by atoms with Gasteiger partial charge in [-0.1, -0.05) is 60.7 Å². The maximum atomic E-state index is 4.26. The summed E-state index contributed by atoms with van der Waals surface area (Å²) in [5.74, 6) is 0.792. The molecule has 0 saturated carbocycles. The summed E-state index contributed by atoms with van der Waals surface area (Å²) < 4.78 is 3.22. The van der Waals surface area contributed by atoms with Crippen LogP contribution in [-0.2, 0) is 0 Å². The molecule has 0 spiro atoms. The second kappa shape index (κ2) is 5.06. The van der Waals surface area contributed by atoms with E-state index in [9.17, 15) is 0 Å². The fourth-order valence-electron chi connectivity index (χ4n) is 1.64. The minimum Gasteiger partial charge on any atom is -0.307 e. The van der Waals surface area contributed by atoms with Gasteiger partial charge in [-0.2, -0.15) is 0 Å². The van der Waals surface area contributed by atoms with E-state index in [0.717, 1.165) is 22.0 Å². The van der Waals surface area contributed by atoms with E-state index in [-0.39, 0.29) is 0 Å². The first-order valence-corrected chi connectivity index (χ1v) is 6.44. The zero-order chi connectivity index (χ0) is 12.2. The molecule has 1 aliphatic heterocycles. The van der Waals surface area contributed by atoms with Gasteiger partial charge in [0.2, 0.25) is 0 Å². The van der Waals surface area contributed by atoms with Crippen LogP contribution in [0.25, 0.3) is 0 Å². The van der Waals surface area contributed by atoms with Gasteiger partial charge in [-0.15, -0.1) is 10.2 Å². The van der Waals surface area contributed by atoms with E-state index in [1.165, 1.54) is 11.9 Å². The smallest absolute Gasteiger partial charge is 0.166 e. The molecule has 0 aliphatic carbocycles. The molecule has 1 heterocycles. The molecule has 0 amide bonds. The van der Waals surface area contributed by atoms with Crippen LogP contribution in [0.5, 0.6) is 0 Å². The Balaban J connectivity index is 1.88. The number of hydrogen-bond acceptors (Lipinski definition) is 4. The first kappa shape index (κ1) is 11.0. The maximum Gasteiger partial charge on any atom is 0.166 e. The molecule has 0 fully saturated rings. The van der Waals surface area contributed by atoms with Crippen LogP contribution in [-0.4, -0.2) is 10.9 Å². The summed E-state index contributed by atoms with van der Waals surface area (Å²) in [7, 11) is 0. The molecule has 88 valence electrons. The van der Waals surface area contributed by atoms with Gasteiger partial charge < -0.3 is 4.72 Å². The van der Waals surface area contributed by atoms with Crippen molar-refractivity contribution >= 4 is 22.8 Å². The van der Waals surface area contributed by atoms with Crippen molar-refractivity contribution in [2.24, 2.45) is 10.2 Å². The lowest BCUT2D eigenvalue weighted by Crippen LogP contribution is -2.22. The van der Waals surface area contributed by atoms with Gasteiger partial charge in [0.25, 0.3) is 0 Å². The minimum atomic E-state index is 0.792. The number of amidine groups is 1. The van der Waals surface area contributed by atoms with Gasteiger partial charge >= 0.3 is 0 Å². The predicted octanol–water partition coefficient (Wildman–Crippen LogP) is 3.05. The average Bonchev–Trinajstić information content (AvgIpc) is 2.49. The van der Waals surface area contributed by atoms with Gasteiger partial charge in [-0.25, -0.2) is 0 Å². The lowest BCUT2D eigenvalue weighted by atomic mass is 10.2. The van der Waals surface area contributed by atoms with Crippen molar-refractivity contribution in [3.63, 3.8) is 0 Å². The fraction of sp³-hybridized carbons (Fsp3) is 0. The summed E-state index contributed by atoms with van der Waals surface area (Å²) in [6.07, 6.45) is 0. The molecular weight excluding hydrogens is 242 g/mol. The van der Waals surface area contributed by atoms with Crippen molar-refractivity contribution in [3.05, 3.63) is 71.8 Å². The SMILES string of the molecule is c1ccc(C2=NN=C(c3ccccc3)SN2)cc1. The van der Waals surface area contributed by atoms with Crippen LogP contribution in [0.3, 0.4) is 0 Å². The summed E-state index contributed by atoms with van der Waals surface area (Å²) in [5.41, 5.74) is 2.12. The molecule has 0 saturated heterocycles. The molecule has 0 radical (unpaired) electrons. The largest absolute Gasteiger partial charge is 0.307 e.